The van der Waals surface area contributed by atoms with E-state index in [4.69, 9.17) is 4.74 Å². The Hall–Kier alpha value is -1.92. The first-order chi connectivity index (χ1) is 37.0. The van der Waals surface area contributed by atoms with Crippen LogP contribution in [0.15, 0.2) is 36.5 Å². The van der Waals surface area contributed by atoms with E-state index in [-0.39, 0.29) is 18.5 Å². The van der Waals surface area contributed by atoms with Crippen LogP contribution in [0.2, 0.25) is 0 Å². The summed E-state index contributed by atoms with van der Waals surface area (Å²) in [6.45, 7) is 4.93. The predicted octanol–water partition coefficient (Wildman–Crippen LogP) is 21.5. The van der Waals surface area contributed by atoms with E-state index in [2.05, 4.69) is 55.6 Å². The first-order valence-electron chi connectivity index (χ1n) is 33.7. The van der Waals surface area contributed by atoms with Crippen LogP contribution in [0.5, 0.6) is 0 Å². The summed E-state index contributed by atoms with van der Waals surface area (Å²) >= 11 is 0. The van der Waals surface area contributed by atoms with Crippen LogP contribution in [-0.2, 0) is 14.3 Å². The van der Waals surface area contributed by atoms with Crippen LogP contribution in [0.1, 0.15) is 367 Å². The summed E-state index contributed by atoms with van der Waals surface area (Å²) in [5.74, 6) is -0.0563. The molecule has 3 N–H and O–H groups in total. The number of carbonyl (C=O) groups excluding carboxylic acids is 2. The summed E-state index contributed by atoms with van der Waals surface area (Å²) in [5.41, 5.74) is 0. The molecule has 0 heterocycles. The van der Waals surface area contributed by atoms with Crippen LogP contribution >= 0.6 is 0 Å². The maximum atomic E-state index is 12.5. The van der Waals surface area contributed by atoms with Crippen LogP contribution in [0.3, 0.4) is 0 Å². The molecule has 0 saturated carbocycles. The van der Waals surface area contributed by atoms with Gasteiger partial charge in [-0.05, 0) is 83.5 Å². The van der Waals surface area contributed by atoms with Crippen molar-refractivity contribution in [1.82, 2.24) is 5.32 Å². The molecule has 0 fully saturated rings. The first-order valence-corrected chi connectivity index (χ1v) is 33.7. The molecule has 0 radical (unpaired) electrons. The number of amides is 1. The number of unbranched alkanes of at least 4 members (excludes halogenated alkanes) is 46. The average molecular weight is 1050 g/mol. The van der Waals surface area contributed by atoms with Crippen molar-refractivity contribution in [2.75, 3.05) is 13.2 Å². The van der Waals surface area contributed by atoms with Crippen molar-refractivity contribution in [2.45, 2.75) is 379 Å². The molecule has 0 aromatic rings. The number of allylic oxidation sites excluding steroid dienone is 6. The molecule has 2 atom stereocenters. The topological polar surface area (TPSA) is 95.9 Å². The van der Waals surface area contributed by atoms with Crippen molar-refractivity contribution in [3.63, 3.8) is 0 Å². The number of aliphatic hydroxyl groups is 2. The SMILES string of the molecule is CCCCC/C=C\C/C=C\CCCCCCCC(=O)OCCCCCCCCCCC/C=C\CCCCCCCC(=O)NC(CO)C(O)CCCCCCCCCCCCCCCCCCCCCCCCCCC. The maximum absolute atomic E-state index is 12.5. The van der Waals surface area contributed by atoms with Crippen molar-refractivity contribution >= 4 is 11.9 Å². The Bertz CT molecular complexity index is 1210. The van der Waals surface area contributed by atoms with E-state index in [9.17, 15) is 19.8 Å². The van der Waals surface area contributed by atoms with E-state index in [1.165, 1.54) is 263 Å². The van der Waals surface area contributed by atoms with Gasteiger partial charge in [0, 0.05) is 12.8 Å². The molecule has 75 heavy (non-hydrogen) atoms. The van der Waals surface area contributed by atoms with Gasteiger partial charge in [-0.2, -0.15) is 0 Å². The Balaban J connectivity index is 3.45. The molecule has 1 amide bonds. The second-order valence-electron chi connectivity index (χ2n) is 23.1. The van der Waals surface area contributed by atoms with E-state index in [0.717, 1.165) is 70.6 Å². The van der Waals surface area contributed by atoms with E-state index in [1.54, 1.807) is 0 Å². The highest BCUT2D eigenvalue weighted by atomic mass is 16.5. The minimum atomic E-state index is -0.675. The molecular formula is C69H131NO5. The van der Waals surface area contributed by atoms with Crippen molar-refractivity contribution < 1.29 is 24.5 Å². The van der Waals surface area contributed by atoms with Gasteiger partial charge < -0.3 is 20.3 Å². The molecule has 0 aliphatic carbocycles. The minimum Gasteiger partial charge on any atom is -0.466 e. The fraction of sp³-hybridized carbons (Fsp3) is 0.884. The summed E-state index contributed by atoms with van der Waals surface area (Å²) in [4.78, 5) is 24.6. The lowest BCUT2D eigenvalue weighted by Crippen LogP contribution is -2.45. The number of hydrogen-bond acceptors (Lipinski definition) is 5. The van der Waals surface area contributed by atoms with Crippen LogP contribution < -0.4 is 5.32 Å². The van der Waals surface area contributed by atoms with Gasteiger partial charge in [-0.1, -0.05) is 307 Å². The Morgan fingerprint density at radius 2 is 0.667 bits per heavy atom. The molecule has 0 aromatic carbocycles. The molecule has 0 spiro atoms. The number of nitrogens with one attached hydrogen (secondary N) is 1. The number of hydrogen-bond donors (Lipinski definition) is 3. The highest BCUT2D eigenvalue weighted by molar-refractivity contribution is 5.76. The summed E-state index contributed by atoms with van der Waals surface area (Å²) in [7, 11) is 0. The van der Waals surface area contributed by atoms with Crippen molar-refractivity contribution in [1.29, 1.82) is 0 Å². The molecule has 6 heteroatoms. The fourth-order valence-corrected chi connectivity index (χ4v) is 10.5. The number of aliphatic hydroxyl groups excluding tert-OH is 2. The third-order valence-corrected chi connectivity index (χ3v) is 15.7. The predicted molar refractivity (Wildman–Crippen MR) is 329 cm³/mol. The Morgan fingerprint density at radius 1 is 0.373 bits per heavy atom. The quantitative estimate of drug-likeness (QED) is 0.0320. The first kappa shape index (κ1) is 73.1. The van der Waals surface area contributed by atoms with Crippen molar-refractivity contribution in [2.24, 2.45) is 0 Å². The van der Waals surface area contributed by atoms with Crippen LogP contribution in [0, 0.1) is 0 Å². The van der Waals surface area contributed by atoms with E-state index < -0.39 is 12.1 Å². The van der Waals surface area contributed by atoms with E-state index in [0.29, 0.717) is 25.9 Å². The normalized spacial score (nSPS) is 12.7. The van der Waals surface area contributed by atoms with Crippen LogP contribution in [0.25, 0.3) is 0 Å². The molecule has 0 saturated heterocycles. The number of ether oxygens (including phenoxy) is 1. The number of carbonyl (C=O) groups is 2. The lowest BCUT2D eigenvalue weighted by atomic mass is 10.0. The average Bonchev–Trinajstić information content (AvgIpc) is 3.41. The van der Waals surface area contributed by atoms with Gasteiger partial charge in [-0.25, -0.2) is 0 Å². The molecule has 0 aliphatic rings. The third-order valence-electron chi connectivity index (χ3n) is 15.7. The van der Waals surface area contributed by atoms with Gasteiger partial charge in [0.25, 0.3) is 0 Å². The molecule has 0 aliphatic heterocycles. The molecule has 0 aromatic heterocycles. The van der Waals surface area contributed by atoms with Gasteiger partial charge >= 0.3 is 5.97 Å². The van der Waals surface area contributed by atoms with Gasteiger partial charge in [0.1, 0.15) is 0 Å². The number of rotatable bonds is 63. The van der Waals surface area contributed by atoms with Gasteiger partial charge in [0.2, 0.25) is 5.91 Å². The van der Waals surface area contributed by atoms with Crippen LogP contribution in [-0.4, -0.2) is 47.4 Å². The standard InChI is InChI=1S/C69H131NO5/c1-3-5-7-9-11-13-15-17-19-20-21-22-23-24-25-26-27-30-34-37-41-45-49-53-57-61-67(72)66(65-71)70-68(73)62-58-54-50-46-42-38-35-31-28-29-32-36-40-44-48-52-56-60-64-75-69(74)63-59-55-51-47-43-39-33-18-16-14-12-10-8-6-4-2/h12,14,18,31,33,35,66-67,71-72H,3-11,13,15-17,19-30,32,34,36-65H2,1-2H3,(H,70,73)/b14-12-,33-18-,35-31-. The fourth-order valence-electron chi connectivity index (χ4n) is 10.5. The molecule has 2 unspecified atom stereocenters. The second kappa shape index (κ2) is 64.6. The van der Waals surface area contributed by atoms with Crippen molar-refractivity contribution in [3.8, 4) is 0 Å². The largest absolute Gasteiger partial charge is 0.466 e. The lowest BCUT2D eigenvalue weighted by Gasteiger charge is -2.22. The zero-order valence-corrected chi connectivity index (χ0v) is 50.5. The smallest absolute Gasteiger partial charge is 0.305 e. The molecular weight excluding hydrogens is 923 g/mol. The molecule has 0 bridgehead atoms. The highest BCUT2D eigenvalue weighted by Gasteiger charge is 2.20. The molecule has 6 nitrogen and oxygen atoms in total. The third kappa shape index (κ3) is 61.2. The van der Waals surface area contributed by atoms with Gasteiger partial charge in [-0.15, -0.1) is 0 Å². The minimum absolute atomic E-state index is 0.0103. The molecule has 0 rings (SSSR count). The summed E-state index contributed by atoms with van der Waals surface area (Å²) < 4.78 is 5.47. The highest BCUT2D eigenvalue weighted by Crippen LogP contribution is 2.18. The molecule has 442 valence electrons. The maximum Gasteiger partial charge on any atom is 0.305 e. The van der Waals surface area contributed by atoms with E-state index >= 15 is 0 Å². The van der Waals surface area contributed by atoms with Crippen LogP contribution in [0.4, 0.5) is 0 Å². The van der Waals surface area contributed by atoms with Gasteiger partial charge in [-0.3, -0.25) is 9.59 Å². The number of esters is 1. The zero-order valence-electron chi connectivity index (χ0n) is 50.5. The lowest BCUT2D eigenvalue weighted by molar-refractivity contribution is -0.143. The van der Waals surface area contributed by atoms with Gasteiger partial charge in [0.15, 0.2) is 0 Å². The Labute approximate surface area is 468 Å². The monoisotopic (exact) mass is 1050 g/mol. The summed E-state index contributed by atoms with van der Waals surface area (Å²) in [5, 5.41) is 23.4. The van der Waals surface area contributed by atoms with Gasteiger partial charge in [0.05, 0.1) is 25.4 Å². The van der Waals surface area contributed by atoms with E-state index in [1.807, 2.05) is 0 Å². The van der Waals surface area contributed by atoms with Crippen molar-refractivity contribution in [3.05, 3.63) is 36.5 Å². The summed E-state index contributed by atoms with van der Waals surface area (Å²) in [6.07, 6.45) is 81.7. The Kier molecular flexibility index (Phi) is 63.0. The second-order valence-corrected chi connectivity index (χ2v) is 23.1. The Morgan fingerprint density at radius 3 is 1.05 bits per heavy atom. The zero-order chi connectivity index (χ0) is 54.3. The summed E-state index contributed by atoms with van der Waals surface area (Å²) in [6, 6.07) is -0.554.